The highest BCUT2D eigenvalue weighted by Crippen LogP contribution is 2.28. The Labute approximate surface area is 97.5 Å². The summed E-state index contributed by atoms with van der Waals surface area (Å²) in [5.41, 5.74) is 1.34. The molecule has 2 aliphatic rings. The number of hydrogen-bond acceptors (Lipinski definition) is 2. The van der Waals surface area contributed by atoms with Crippen molar-refractivity contribution in [3.05, 3.63) is 17.7 Å². The van der Waals surface area contributed by atoms with Gasteiger partial charge in [-0.05, 0) is 32.4 Å². The molecule has 3 heteroatoms. The molecule has 1 aromatic heterocycles. The lowest BCUT2D eigenvalue weighted by molar-refractivity contribution is 0.409. The highest BCUT2D eigenvalue weighted by molar-refractivity contribution is 5.13. The lowest BCUT2D eigenvalue weighted by Gasteiger charge is -2.18. The molecule has 0 aliphatic carbocycles. The predicted octanol–water partition coefficient (Wildman–Crippen LogP) is 1.88. The molecule has 2 aliphatic heterocycles. The van der Waals surface area contributed by atoms with Gasteiger partial charge in [0.1, 0.15) is 5.82 Å². The first-order valence-electron chi connectivity index (χ1n) is 6.47. The smallest absolute Gasteiger partial charge is 0.109 e. The van der Waals surface area contributed by atoms with Crippen molar-refractivity contribution in [3.8, 4) is 0 Å². The van der Waals surface area contributed by atoms with Crippen molar-refractivity contribution in [2.24, 2.45) is 5.92 Å². The second-order valence-electron chi connectivity index (χ2n) is 5.62. The Morgan fingerprint density at radius 2 is 2.19 bits per heavy atom. The van der Waals surface area contributed by atoms with Gasteiger partial charge < -0.3 is 9.47 Å². The van der Waals surface area contributed by atoms with Crippen molar-refractivity contribution in [2.45, 2.75) is 38.6 Å². The van der Waals surface area contributed by atoms with E-state index in [1.807, 2.05) is 0 Å². The predicted molar refractivity (Wildman–Crippen MR) is 64.6 cm³/mol. The van der Waals surface area contributed by atoms with Crippen molar-refractivity contribution in [3.63, 3.8) is 0 Å². The van der Waals surface area contributed by atoms with Crippen LogP contribution in [-0.4, -0.2) is 34.6 Å². The van der Waals surface area contributed by atoms with Crippen LogP contribution in [0.5, 0.6) is 0 Å². The average Bonchev–Trinajstić information content (AvgIpc) is 2.83. The number of aromatic nitrogens is 2. The van der Waals surface area contributed by atoms with Gasteiger partial charge in [-0.2, -0.15) is 0 Å². The fourth-order valence-electron chi connectivity index (χ4n) is 2.98. The molecule has 3 rings (SSSR count). The Balaban J connectivity index is 1.82. The Morgan fingerprint density at radius 1 is 1.31 bits per heavy atom. The van der Waals surface area contributed by atoms with E-state index >= 15 is 0 Å². The Morgan fingerprint density at radius 3 is 2.94 bits per heavy atom. The maximum atomic E-state index is 4.85. The van der Waals surface area contributed by atoms with E-state index in [0.717, 1.165) is 5.92 Å². The Hall–Kier alpha value is -0.830. The first kappa shape index (κ1) is 10.3. The van der Waals surface area contributed by atoms with E-state index in [1.165, 1.54) is 50.4 Å². The van der Waals surface area contributed by atoms with Crippen LogP contribution in [0.3, 0.4) is 0 Å². The van der Waals surface area contributed by atoms with Crippen LogP contribution < -0.4 is 0 Å². The van der Waals surface area contributed by atoms with Crippen molar-refractivity contribution >= 4 is 0 Å². The molecule has 88 valence electrons. The van der Waals surface area contributed by atoms with Gasteiger partial charge in [0.05, 0.1) is 5.69 Å². The van der Waals surface area contributed by atoms with Crippen molar-refractivity contribution in [2.75, 3.05) is 20.1 Å². The van der Waals surface area contributed by atoms with Crippen LogP contribution in [0.15, 0.2) is 6.20 Å². The van der Waals surface area contributed by atoms with Gasteiger partial charge in [0.25, 0.3) is 0 Å². The van der Waals surface area contributed by atoms with Crippen LogP contribution >= 0.6 is 0 Å². The molecule has 1 fully saturated rings. The number of rotatable bonds is 1. The average molecular weight is 219 g/mol. The minimum Gasteiger partial charge on any atom is -0.335 e. The van der Waals surface area contributed by atoms with Gasteiger partial charge in [0.15, 0.2) is 0 Å². The Bertz CT molecular complexity index is 383. The minimum absolute atomic E-state index is 0.679. The second-order valence-corrected chi connectivity index (χ2v) is 5.62. The Kier molecular flexibility index (Phi) is 2.51. The summed E-state index contributed by atoms with van der Waals surface area (Å²) in [6.07, 6.45) is 6.07. The van der Waals surface area contributed by atoms with Gasteiger partial charge in [-0.15, -0.1) is 0 Å². The van der Waals surface area contributed by atoms with Crippen molar-refractivity contribution in [1.29, 1.82) is 0 Å². The van der Waals surface area contributed by atoms with E-state index in [4.69, 9.17) is 4.98 Å². The molecule has 0 spiro atoms. The van der Waals surface area contributed by atoms with Crippen LogP contribution in [-0.2, 0) is 13.0 Å². The molecule has 2 unspecified atom stereocenters. The van der Waals surface area contributed by atoms with E-state index < -0.39 is 0 Å². The summed E-state index contributed by atoms with van der Waals surface area (Å²) in [6, 6.07) is 0. The largest absolute Gasteiger partial charge is 0.335 e. The van der Waals surface area contributed by atoms with Gasteiger partial charge >= 0.3 is 0 Å². The first-order valence-corrected chi connectivity index (χ1v) is 6.47. The van der Waals surface area contributed by atoms with E-state index in [-0.39, 0.29) is 0 Å². The molecule has 2 atom stereocenters. The zero-order chi connectivity index (χ0) is 11.1. The summed E-state index contributed by atoms with van der Waals surface area (Å²) in [5, 5.41) is 0. The second kappa shape index (κ2) is 3.88. The third-order valence-corrected chi connectivity index (χ3v) is 4.08. The van der Waals surface area contributed by atoms with Crippen LogP contribution in [0.2, 0.25) is 0 Å². The minimum atomic E-state index is 0.679. The number of fused-ring (bicyclic) bond motifs is 1. The molecule has 0 aromatic carbocycles. The normalized spacial score (nSPS) is 30.6. The summed E-state index contributed by atoms with van der Waals surface area (Å²) in [6.45, 7) is 5.92. The van der Waals surface area contributed by atoms with Gasteiger partial charge in [-0.3, -0.25) is 0 Å². The van der Waals surface area contributed by atoms with Crippen LogP contribution in [0.25, 0.3) is 0 Å². The maximum Gasteiger partial charge on any atom is 0.109 e. The quantitative estimate of drug-likeness (QED) is 0.719. The summed E-state index contributed by atoms with van der Waals surface area (Å²) in [5.74, 6) is 2.82. The first-order chi connectivity index (χ1) is 7.72. The van der Waals surface area contributed by atoms with Crippen LogP contribution in [0.1, 0.15) is 37.2 Å². The van der Waals surface area contributed by atoms with Crippen molar-refractivity contribution < 1.29 is 0 Å². The van der Waals surface area contributed by atoms with E-state index in [1.54, 1.807) is 0 Å². The topological polar surface area (TPSA) is 21.1 Å². The summed E-state index contributed by atoms with van der Waals surface area (Å²) >= 11 is 0. The zero-order valence-corrected chi connectivity index (χ0v) is 10.3. The van der Waals surface area contributed by atoms with Crippen molar-refractivity contribution in [1.82, 2.24) is 14.5 Å². The molecule has 16 heavy (non-hydrogen) atoms. The fourth-order valence-corrected chi connectivity index (χ4v) is 2.98. The molecule has 0 radical (unpaired) electrons. The molecule has 1 saturated heterocycles. The summed E-state index contributed by atoms with van der Waals surface area (Å²) in [4.78, 5) is 7.26. The van der Waals surface area contributed by atoms with Gasteiger partial charge in [-0.1, -0.05) is 6.92 Å². The lowest BCUT2D eigenvalue weighted by Crippen LogP contribution is -2.16. The third-order valence-electron chi connectivity index (χ3n) is 4.08. The monoisotopic (exact) mass is 219 g/mol. The highest BCUT2D eigenvalue weighted by Gasteiger charge is 2.25. The summed E-state index contributed by atoms with van der Waals surface area (Å²) < 4.78 is 2.38. The molecular formula is C13H21N3. The third kappa shape index (κ3) is 1.77. The highest BCUT2D eigenvalue weighted by atomic mass is 15.1. The molecule has 0 saturated carbocycles. The van der Waals surface area contributed by atoms with Gasteiger partial charge in [0, 0.05) is 31.6 Å². The number of likely N-dealkylation sites (tertiary alicyclic amines) is 1. The summed E-state index contributed by atoms with van der Waals surface area (Å²) in [7, 11) is 2.21. The molecular weight excluding hydrogens is 198 g/mol. The standard InChI is InChI=1S/C13H21N3/c1-10-3-6-16-9-12(14-13(16)7-10)11-4-5-15(2)8-11/h9-11H,3-8H2,1-2H3. The zero-order valence-electron chi connectivity index (χ0n) is 10.3. The molecule has 0 bridgehead atoms. The number of imidazole rings is 1. The van der Waals surface area contributed by atoms with Gasteiger partial charge in [0.2, 0.25) is 0 Å². The van der Waals surface area contributed by atoms with E-state index in [2.05, 4.69) is 29.6 Å². The molecule has 0 N–H and O–H groups in total. The number of hydrogen-bond donors (Lipinski definition) is 0. The number of nitrogens with zero attached hydrogens (tertiary/aromatic N) is 3. The van der Waals surface area contributed by atoms with E-state index in [0.29, 0.717) is 5.92 Å². The van der Waals surface area contributed by atoms with Crippen LogP contribution in [0.4, 0.5) is 0 Å². The maximum absolute atomic E-state index is 4.85. The van der Waals surface area contributed by atoms with Gasteiger partial charge in [-0.25, -0.2) is 4.98 Å². The van der Waals surface area contributed by atoms with Crippen LogP contribution in [0, 0.1) is 5.92 Å². The molecule has 3 heterocycles. The SMILES string of the molecule is CC1CCn2cc(C3CCN(C)C3)nc2C1. The molecule has 0 amide bonds. The number of aryl methyl sites for hydroxylation is 1. The lowest BCUT2D eigenvalue weighted by atomic mass is 10.0. The molecule has 1 aromatic rings. The van der Waals surface area contributed by atoms with E-state index in [9.17, 15) is 0 Å². The fraction of sp³-hybridized carbons (Fsp3) is 0.769. The molecule has 3 nitrogen and oxygen atoms in total. The number of likely N-dealkylation sites (N-methyl/N-ethyl adjacent to an activating group) is 1.